The monoisotopic (exact) mass is 306 g/mol. The van der Waals surface area contributed by atoms with Crippen LogP contribution in [-0.2, 0) is 13.1 Å². The summed E-state index contributed by atoms with van der Waals surface area (Å²) in [6, 6.07) is 0.498. The molecule has 1 aromatic rings. The lowest BCUT2D eigenvalue weighted by atomic mass is 9.72. The van der Waals surface area contributed by atoms with Crippen LogP contribution in [0.3, 0.4) is 0 Å². The number of aromatic nitrogens is 3. The average Bonchev–Trinajstić information content (AvgIpc) is 3.06. The second-order valence-corrected chi connectivity index (χ2v) is 7.30. The molecule has 0 amide bonds. The summed E-state index contributed by atoms with van der Waals surface area (Å²) in [5.74, 6) is 2.48. The fourth-order valence-electron chi connectivity index (χ4n) is 4.59. The minimum absolute atomic E-state index is 0.405. The molecule has 0 radical (unpaired) electrons. The van der Waals surface area contributed by atoms with Gasteiger partial charge in [0, 0.05) is 18.5 Å². The van der Waals surface area contributed by atoms with Gasteiger partial charge in [-0.25, -0.2) is 0 Å². The number of aryl methyl sites for hydroxylation is 1. The largest absolute Gasteiger partial charge is 0.390 e. The van der Waals surface area contributed by atoms with Crippen molar-refractivity contribution in [2.75, 3.05) is 6.54 Å². The van der Waals surface area contributed by atoms with Gasteiger partial charge in [-0.3, -0.25) is 4.90 Å². The van der Waals surface area contributed by atoms with Gasteiger partial charge in [-0.2, -0.15) is 0 Å². The summed E-state index contributed by atoms with van der Waals surface area (Å²) in [4.78, 5) is 2.54. The second-order valence-electron chi connectivity index (χ2n) is 7.30. The first-order valence-electron chi connectivity index (χ1n) is 8.88. The van der Waals surface area contributed by atoms with E-state index in [0.29, 0.717) is 12.0 Å². The molecule has 1 saturated heterocycles. The Morgan fingerprint density at radius 3 is 2.77 bits per heavy atom. The smallest absolute Gasteiger partial charge is 0.147 e. The molecule has 1 aromatic heterocycles. The molecule has 2 fully saturated rings. The van der Waals surface area contributed by atoms with Crippen LogP contribution in [0, 0.1) is 12.8 Å². The first-order chi connectivity index (χ1) is 10.5. The average molecular weight is 306 g/mol. The predicted molar refractivity (Wildman–Crippen MR) is 86.4 cm³/mol. The van der Waals surface area contributed by atoms with E-state index in [4.69, 9.17) is 0 Å². The van der Waals surface area contributed by atoms with E-state index in [1.807, 2.05) is 13.8 Å². The Balaban J connectivity index is 1.75. The maximum atomic E-state index is 10.8. The molecule has 1 N–H and O–H groups in total. The highest BCUT2D eigenvalue weighted by atomic mass is 16.3. The summed E-state index contributed by atoms with van der Waals surface area (Å²) >= 11 is 0. The third-order valence-electron chi connectivity index (χ3n) is 5.80. The van der Waals surface area contributed by atoms with Crippen molar-refractivity contribution < 1.29 is 5.11 Å². The van der Waals surface area contributed by atoms with E-state index in [1.54, 1.807) is 0 Å². The van der Waals surface area contributed by atoms with Gasteiger partial charge in [0.2, 0.25) is 0 Å². The van der Waals surface area contributed by atoms with Gasteiger partial charge in [-0.05, 0) is 53.0 Å². The first-order valence-corrected chi connectivity index (χ1v) is 8.88. The summed E-state index contributed by atoms with van der Waals surface area (Å²) < 4.78 is 2.20. The number of likely N-dealkylation sites (tertiary alicyclic amines) is 1. The summed E-state index contributed by atoms with van der Waals surface area (Å²) in [6.45, 7) is 9.12. The zero-order valence-electron chi connectivity index (χ0n) is 14.3. The molecule has 5 heteroatoms. The molecule has 1 aliphatic heterocycles. The van der Waals surface area contributed by atoms with Crippen molar-refractivity contribution in [3.05, 3.63) is 11.6 Å². The molecule has 3 atom stereocenters. The molecular formula is C17H30N4O. The van der Waals surface area contributed by atoms with E-state index < -0.39 is 5.60 Å². The van der Waals surface area contributed by atoms with Crippen molar-refractivity contribution in [2.24, 2.45) is 5.92 Å². The standard InChI is InChI=1S/C17H30N4O/c1-4-21-13(2)18-19-16(21)12-20-11-7-9-15(20)14-8-5-6-10-17(14,3)22/h14-15,22H,4-12H2,1-3H3/t14-,15-,17-/m1/s1. The molecule has 124 valence electrons. The number of rotatable bonds is 4. The Kier molecular flexibility index (Phi) is 4.55. The van der Waals surface area contributed by atoms with Crippen molar-refractivity contribution >= 4 is 0 Å². The highest BCUT2D eigenvalue weighted by molar-refractivity contribution is 5.00. The van der Waals surface area contributed by atoms with Gasteiger partial charge in [0.1, 0.15) is 11.6 Å². The number of nitrogens with zero attached hydrogens (tertiary/aromatic N) is 4. The lowest BCUT2D eigenvalue weighted by Gasteiger charge is -2.43. The quantitative estimate of drug-likeness (QED) is 0.928. The lowest BCUT2D eigenvalue weighted by Crippen LogP contribution is -2.48. The van der Waals surface area contributed by atoms with Crippen LogP contribution < -0.4 is 0 Å². The molecule has 3 rings (SSSR count). The third kappa shape index (κ3) is 2.93. The molecule has 0 unspecified atom stereocenters. The van der Waals surface area contributed by atoms with Crippen LogP contribution in [0.2, 0.25) is 0 Å². The minimum Gasteiger partial charge on any atom is -0.390 e. The highest BCUT2D eigenvalue weighted by Crippen LogP contribution is 2.40. The Labute approximate surface area is 133 Å². The van der Waals surface area contributed by atoms with Crippen LogP contribution in [0.4, 0.5) is 0 Å². The van der Waals surface area contributed by atoms with Crippen molar-refractivity contribution in [3.63, 3.8) is 0 Å². The van der Waals surface area contributed by atoms with Gasteiger partial charge in [-0.15, -0.1) is 10.2 Å². The molecular weight excluding hydrogens is 276 g/mol. The second kappa shape index (κ2) is 6.28. The van der Waals surface area contributed by atoms with Gasteiger partial charge in [0.25, 0.3) is 0 Å². The molecule has 1 saturated carbocycles. The van der Waals surface area contributed by atoms with Gasteiger partial charge in [0.05, 0.1) is 12.1 Å². The van der Waals surface area contributed by atoms with E-state index in [1.165, 1.54) is 25.7 Å². The Morgan fingerprint density at radius 1 is 1.23 bits per heavy atom. The molecule has 0 bridgehead atoms. The maximum Gasteiger partial charge on any atom is 0.147 e. The summed E-state index contributed by atoms with van der Waals surface area (Å²) in [6.07, 6.45) is 6.98. The first kappa shape index (κ1) is 15.9. The maximum absolute atomic E-state index is 10.8. The number of hydrogen-bond donors (Lipinski definition) is 1. The zero-order chi connectivity index (χ0) is 15.7. The van der Waals surface area contributed by atoms with E-state index >= 15 is 0 Å². The van der Waals surface area contributed by atoms with Crippen molar-refractivity contribution in [2.45, 2.75) is 84.0 Å². The highest BCUT2D eigenvalue weighted by Gasteiger charge is 2.43. The molecule has 22 heavy (non-hydrogen) atoms. The topological polar surface area (TPSA) is 54.2 Å². The lowest BCUT2D eigenvalue weighted by molar-refractivity contribution is -0.0632. The molecule has 2 heterocycles. The fraction of sp³-hybridized carbons (Fsp3) is 0.882. The SMILES string of the molecule is CCn1c(C)nnc1CN1CCC[C@@H]1[C@H]1CCCC[C@@]1(C)O. The van der Waals surface area contributed by atoms with Gasteiger partial charge in [0.15, 0.2) is 0 Å². The normalized spacial score (nSPS) is 33.5. The van der Waals surface area contributed by atoms with Gasteiger partial charge >= 0.3 is 0 Å². The Bertz CT molecular complexity index is 511. The van der Waals surface area contributed by atoms with Crippen molar-refractivity contribution in [1.82, 2.24) is 19.7 Å². The van der Waals surface area contributed by atoms with E-state index in [2.05, 4.69) is 26.6 Å². The third-order valence-corrected chi connectivity index (χ3v) is 5.80. The number of aliphatic hydroxyl groups is 1. The van der Waals surface area contributed by atoms with Crippen LogP contribution in [0.1, 0.15) is 64.0 Å². The Morgan fingerprint density at radius 2 is 2.05 bits per heavy atom. The van der Waals surface area contributed by atoms with Crippen LogP contribution in [0.15, 0.2) is 0 Å². The minimum atomic E-state index is -0.500. The number of hydrogen-bond acceptors (Lipinski definition) is 4. The van der Waals surface area contributed by atoms with E-state index in [9.17, 15) is 5.11 Å². The van der Waals surface area contributed by atoms with Crippen molar-refractivity contribution in [3.8, 4) is 0 Å². The fourth-order valence-corrected chi connectivity index (χ4v) is 4.59. The summed E-state index contributed by atoms with van der Waals surface area (Å²) in [7, 11) is 0. The molecule has 2 aliphatic rings. The van der Waals surface area contributed by atoms with E-state index in [-0.39, 0.29) is 0 Å². The van der Waals surface area contributed by atoms with Crippen LogP contribution in [0.25, 0.3) is 0 Å². The molecule has 0 aromatic carbocycles. The molecule has 5 nitrogen and oxygen atoms in total. The van der Waals surface area contributed by atoms with Gasteiger partial charge in [-0.1, -0.05) is 12.8 Å². The van der Waals surface area contributed by atoms with Gasteiger partial charge < -0.3 is 9.67 Å². The van der Waals surface area contributed by atoms with Crippen molar-refractivity contribution in [1.29, 1.82) is 0 Å². The summed E-state index contributed by atoms with van der Waals surface area (Å²) in [5, 5.41) is 19.4. The van der Waals surface area contributed by atoms with E-state index in [0.717, 1.165) is 44.1 Å². The predicted octanol–water partition coefficient (Wildman–Crippen LogP) is 2.51. The molecule has 1 aliphatic carbocycles. The molecule has 0 spiro atoms. The summed E-state index contributed by atoms with van der Waals surface area (Å²) in [5.41, 5.74) is -0.500. The zero-order valence-corrected chi connectivity index (χ0v) is 14.3. The van der Waals surface area contributed by atoms with Crippen LogP contribution in [0.5, 0.6) is 0 Å². The Hall–Kier alpha value is -0.940. The van der Waals surface area contributed by atoms with Crippen LogP contribution >= 0.6 is 0 Å². The van der Waals surface area contributed by atoms with Crippen LogP contribution in [-0.4, -0.2) is 43.0 Å².